The van der Waals surface area contributed by atoms with E-state index in [9.17, 15) is 14.7 Å². The van der Waals surface area contributed by atoms with E-state index >= 15 is 0 Å². The maximum Gasteiger partial charge on any atom is 0.327 e. The number of nitrogens with zero attached hydrogens (tertiary/aromatic N) is 3. The summed E-state index contributed by atoms with van der Waals surface area (Å²) in [6.07, 6.45) is 0. The quantitative estimate of drug-likeness (QED) is 0.277. The molecule has 2 fully saturated rings. The van der Waals surface area contributed by atoms with E-state index in [4.69, 9.17) is 0 Å². The number of benzene rings is 4. The number of amides is 1. The van der Waals surface area contributed by atoms with Gasteiger partial charge in [0.1, 0.15) is 12.1 Å². The number of carboxylic acids is 1. The fourth-order valence-corrected chi connectivity index (χ4v) is 6.05. The topological polar surface area (TPSA) is 63.9 Å². The molecule has 0 aliphatic carbocycles. The molecule has 4 aromatic rings. The van der Waals surface area contributed by atoms with Gasteiger partial charge in [-0.1, -0.05) is 121 Å². The Morgan fingerprint density at radius 1 is 0.667 bits per heavy atom. The van der Waals surface area contributed by atoms with E-state index in [1.165, 1.54) is 0 Å². The summed E-state index contributed by atoms with van der Waals surface area (Å²) in [5.41, 5.74) is 3.62. The lowest BCUT2D eigenvalue weighted by molar-refractivity contribution is -0.148. The molecule has 3 atom stereocenters. The minimum atomic E-state index is -0.966. The molecule has 1 amide bonds. The van der Waals surface area contributed by atoms with E-state index in [1.807, 2.05) is 89.8 Å². The second kappa shape index (κ2) is 10.5. The second-order valence-electron chi connectivity index (χ2n) is 10.3. The molecule has 1 N–H and O–H groups in total. The molecular weight excluding hydrogens is 486 g/mol. The number of carbonyl (C=O) groups is 2. The smallest absolute Gasteiger partial charge is 0.327 e. The lowest BCUT2D eigenvalue weighted by atomic mass is 9.76. The van der Waals surface area contributed by atoms with Crippen LogP contribution in [0.4, 0.5) is 0 Å². The number of hydrogen-bond acceptors (Lipinski definition) is 4. The number of aliphatic carboxylic acids is 1. The zero-order valence-corrected chi connectivity index (χ0v) is 21.6. The highest BCUT2D eigenvalue weighted by atomic mass is 16.4. The summed E-state index contributed by atoms with van der Waals surface area (Å²) >= 11 is 0. The highest BCUT2D eigenvalue weighted by Gasteiger charge is 2.58. The first-order valence-electron chi connectivity index (χ1n) is 13.3. The molecular formula is C33H31N3O3. The van der Waals surface area contributed by atoms with Crippen molar-refractivity contribution in [1.29, 1.82) is 0 Å². The van der Waals surface area contributed by atoms with E-state index in [0.717, 1.165) is 22.3 Å². The molecule has 6 nitrogen and oxygen atoms in total. The van der Waals surface area contributed by atoms with Crippen molar-refractivity contribution in [3.05, 3.63) is 144 Å². The Morgan fingerprint density at radius 2 is 1.13 bits per heavy atom. The molecule has 0 bridgehead atoms. The van der Waals surface area contributed by atoms with Crippen LogP contribution in [-0.4, -0.2) is 63.5 Å². The standard InChI is InChI=1S/C33H31N3O3/c37-31(35-24-34(22-30(35)32(38)39)21-25-13-5-1-6-14-25)29-23-36(29)33(26-15-7-2-8-16-26,27-17-9-3-10-18-27)28-19-11-4-12-20-28/h1-20,29-30H,21-24H2,(H,38,39)/t29-,30-,36?/m1/s1. The molecule has 4 aromatic carbocycles. The summed E-state index contributed by atoms with van der Waals surface area (Å²) in [4.78, 5) is 32.1. The van der Waals surface area contributed by atoms with Crippen molar-refractivity contribution in [2.75, 3.05) is 19.8 Å². The number of hydrogen-bond donors (Lipinski definition) is 1. The summed E-state index contributed by atoms with van der Waals surface area (Å²) in [5, 5.41) is 10.0. The van der Waals surface area contributed by atoms with Crippen LogP contribution in [0.25, 0.3) is 0 Å². The third-order valence-electron chi connectivity index (χ3n) is 7.88. The van der Waals surface area contributed by atoms with Crippen LogP contribution in [0.15, 0.2) is 121 Å². The molecule has 6 rings (SSSR count). The first-order chi connectivity index (χ1) is 19.1. The van der Waals surface area contributed by atoms with Gasteiger partial charge in [0.2, 0.25) is 5.91 Å². The van der Waals surface area contributed by atoms with Crippen LogP contribution in [0.2, 0.25) is 0 Å². The van der Waals surface area contributed by atoms with E-state index in [1.54, 1.807) is 4.90 Å². The van der Waals surface area contributed by atoms with E-state index in [-0.39, 0.29) is 5.91 Å². The van der Waals surface area contributed by atoms with Crippen molar-refractivity contribution in [2.24, 2.45) is 0 Å². The van der Waals surface area contributed by atoms with Crippen molar-refractivity contribution < 1.29 is 14.7 Å². The summed E-state index contributed by atoms with van der Waals surface area (Å²) in [7, 11) is 0. The van der Waals surface area contributed by atoms with Crippen molar-refractivity contribution in [3.8, 4) is 0 Å². The van der Waals surface area contributed by atoms with Gasteiger partial charge in [0.05, 0.1) is 12.2 Å². The number of carbonyl (C=O) groups excluding carboxylic acids is 1. The van der Waals surface area contributed by atoms with Gasteiger partial charge in [0.25, 0.3) is 0 Å². The third-order valence-corrected chi connectivity index (χ3v) is 7.88. The van der Waals surface area contributed by atoms with Gasteiger partial charge in [-0.3, -0.25) is 14.6 Å². The van der Waals surface area contributed by atoms with Crippen LogP contribution in [0, 0.1) is 0 Å². The summed E-state index contributed by atoms with van der Waals surface area (Å²) in [5.74, 6) is -1.10. The molecule has 0 saturated carbocycles. The van der Waals surface area contributed by atoms with E-state index in [0.29, 0.717) is 26.3 Å². The number of carboxylic acid groups (broad SMARTS) is 1. The third kappa shape index (κ3) is 4.62. The second-order valence-corrected chi connectivity index (χ2v) is 10.3. The Labute approximate surface area is 228 Å². The van der Waals surface area contributed by atoms with Gasteiger partial charge < -0.3 is 10.0 Å². The first kappa shape index (κ1) is 25.0. The number of rotatable bonds is 8. The van der Waals surface area contributed by atoms with E-state index < -0.39 is 23.6 Å². The van der Waals surface area contributed by atoms with E-state index in [2.05, 4.69) is 41.3 Å². The van der Waals surface area contributed by atoms with Crippen LogP contribution in [0.1, 0.15) is 22.3 Å². The van der Waals surface area contributed by atoms with Gasteiger partial charge in [-0.05, 0) is 22.3 Å². The zero-order valence-electron chi connectivity index (χ0n) is 21.6. The average Bonchev–Trinajstić information content (AvgIpc) is 3.67. The molecule has 1 unspecified atom stereocenters. The highest BCUT2D eigenvalue weighted by molar-refractivity contribution is 5.90. The Bertz CT molecular complexity index is 1330. The maximum atomic E-state index is 14.1. The molecule has 2 heterocycles. The van der Waals surface area contributed by atoms with Crippen LogP contribution < -0.4 is 0 Å². The summed E-state index contributed by atoms with van der Waals surface area (Å²) < 4.78 is 0. The molecule has 0 aromatic heterocycles. The molecule has 2 aliphatic heterocycles. The van der Waals surface area contributed by atoms with Crippen molar-refractivity contribution >= 4 is 11.9 Å². The SMILES string of the molecule is O=C(O)[C@H]1CN(Cc2ccccc2)CN1C(=O)[C@H]1CN1C(c1ccccc1)(c1ccccc1)c1ccccc1. The molecule has 2 saturated heterocycles. The fourth-order valence-electron chi connectivity index (χ4n) is 6.05. The van der Waals surface area contributed by atoms with Gasteiger partial charge in [0, 0.05) is 19.6 Å². The Hall–Kier alpha value is -4.26. The molecule has 0 radical (unpaired) electrons. The molecule has 39 heavy (non-hydrogen) atoms. The zero-order chi connectivity index (χ0) is 26.8. The largest absolute Gasteiger partial charge is 0.480 e. The van der Waals surface area contributed by atoms with Gasteiger partial charge in [0.15, 0.2) is 0 Å². The Morgan fingerprint density at radius 3 is 1.59 bits per heavy atom. The average molecular weight is 518 g/mol. The van der Waals surface area contributed by atoms with Gasteiger partial charge in [-0.15, -0.1) is 0 Å². The van der Waals surface area contributed by atoms with Crippen LogP contribution in [0.5, 0.6) is 0 Å². The molecule has 2 aliphatic rings. The van der Waals surface area contributed by atoms with Crippen LogP contribution >= 0.6 is 0 Å². The maximum absolute atomic E-state index is 14.1. The monoisotopic (exact) mass is 517 g/mol. The lowest BCUT2D eigenvalue weighted by Gasteiger charge is -2.38. The predicted molar refractivity (Wildman–Crippen MR) is 150 cm³/mol. The predicted octanol–water partition coefficient (Wildman–Crippen LogP) is 4.42. The Balaban J connectivity index is 1.35. The molecule has 6 heteroatoms. The minimum Gasteiger partial charge on any atom is -0.480 e. The van der Waals surface area contributed by atoms with Gasteiger partial charge in [-0.25, -0.2) is 4.79 Å². The Kier molecular flexibility index (Phi) is 6.73. The van der Waals surface area contributed by atoms with Crippen molar-refractivity contribution in [2.45, 2.75) is 24.2 Å². The first-order valence-corrected chi connectivity index (χ1v) is 13.3. The fraction of sp³-hybridized carbons (Fsp3) is 0.212. The van der Waals surface area contributed by atoms with Gasteiger partial charge in [-0.2, -0.15) is 0 Å². The van der Waals surface area contributed by atoms with Crippen molar-refractivity contribution in [1.82, 2.24) is 14.7 Å². The summed E-state index contributed by atoms with van der Waals surface area (Å²) in [6.45, 7) is 1.75. The normalized spacial score (nSPS) is 21.0. The minimum absolute atomic E-state index is 0.134. The molecule has 0 spiro atoms. The van der Waals surface area contributed by atoms with Crippen LogP contribution in [0.3, 0.4) is 0 Å². The van der Waals surface area contributed by atoms with Crippen LogP contribution in [-0.2, 0) is 21.7 Å². The van der Waals surface area contributed by atoms with Crippen molar-refractivity contribution in [3.63, 3.8) is 0 Å². The lowest BCUT2D eigenvalue weighted by Crippen LogP contribution is -2.47. The summed E-state index contributed by atoms with van der Waals surface area (Å²) in [6, 6.07) is 39.5. The van der Waals surface area contributed by atoms with Gasteiger partial charge >= 0.3 is 5.97 Å². The highest BCUT2D eigenvalue weighted by Crippen LogP contribution is 2.48. The molecule has 196 valence electrons.